The molecule has 9 heteroatoms. The molecule has 2 N–H and O–H groups in total. The van der Waals surface area contributed by atoms with Gasteiger partial charge in [0.1, 0.15) is 0 Å². The summed E-state index contributed by atoms with van der Waals surface area (Å²) in [5.41, 5.74) is 1.63. The third-order valence-electron chi connectivity index (χ3n) is 3.91. The number of benzene rings is 2. The van der Waals surface area contributed by atoms with Crippen LogP contribution in [0.4, 0.5) is 5.13 Å². The van der Waals surface area contributed by atoms with Gasteiger partial charge in [-0.15, -0.1) is 0 Å². The Bertz CT molecular complexity index is 1050. The molecule has 0 saturated heterocycles. The summed E-state index contributed by atoms with van der Waals surface area (Å²) < 4.78 is 6.04. The van der Waals surface area contributed by atoms with Crippen LogP contribution in [0.1, 0.15) is 40.5 Å². The lowest BCUT2D eigenvalue weighted by molar-refractivity contribution is 0.0500. The smallest absolute Gasteiger partial charge is 0.338 e. The number of nitrogens with one attached hydrogen (secondary N) is 2. The van der Waals surface area contributed by atoms with E-state index in [9.17, 15) is 9.59 Å². The maximum absolute atomic E-state index is 12.2. The molecule has 0 fully saturated rings. The van der Waals surface area contributed by atoms with E-state index >= 15 is 0 Å². The molecule has 1 amide bonds. The topological polar surface area (TPSA) is 80.3 Å². The number of aromatic nitrogens is 1. The summed E-state index contributed by atoms with van der Waals surface area (Å²) in [4.78, 5) is 28.7. The molecule has 2 aromatic carbocycles. The molecule has 0 bridgehead atoms. The monoisotopic (exact) mass is 447 g/mol. The first kappa shape index (κ1) is 21.2. The number of amides is 1. The Hall–Kier alpha value is -2.55. The number of thiocarbonyl (C=S) groups is 1. The first-order chi connectivity index (χ1) is 14.0. The average molecular weight is 448 g/mol. The van der Waals surface area contributed by atoms with Crippen molar-refractivity contribution in [2.75, 3.05) is 11.9 Å². The molecule has 3 aromatic rings. The van der Waals surface area contributed by atoms with Gasteiger partial charge in [-0.1, -0.05) is 36.3 Å². The fraction of sp³-hybridized carbons (Fsp3) is 0.200. The highest BCUT2D eigenvalue weighted by atomic mass is 35.5. The molecule has 0 spiro atoms. The van der Waals surface area contributed by atoms with E-state index in [1.165, 1.54) is 11.3 Å². The first-order valence-corrected chi connectivity index (χ1v) is 10.5. The van der Waals surface area contributed by atoms with E-state index in [2.05, 4.69) is 15.6 Å². The van der Waals surface area contributed by atoms with Crippen molar-refractivity contribution in [3.63, 3.8) is 0 Å². The predicted molar refractivity (Wildman–Crippen MR) is 120 cm³/mol. The van der Waals surface area contributed by atoms with Crippen LogP contribution in [0.3, 0.4) is 0 Å². The summed E-state index contributed by atoms with van der Waals surface area (Å²) in [7, 11) is 0. The predicted octanol–water partition coefficient (Wildman–Crippen LogP) is 5.03. The maximum atomic E-state index is 12.2. The van der Waals surface area contributed by atoms with Crippen molar-refractivity contribution in [1.82, 2.24) is 10.3 Å². The van der Waals surface area contributed by atoms with Gasteiger partial charge < -0.3 is 10.1 Å². The summed E-state index contributed by atoms with van der Waals surface area (Å²) in [5.74, 6) is -0.702. The fourth-order valence-electron chi connectivity index (χ4n) is 2.40. The Morgan fingerprint density at radius 2 is 1.90 bits per heavy atom. The van der Waals surface area contributed by atoms with Gasteiger partial charge in [-0.25, -0.2) is 9.78 Å². The Labute approximate surface area is 182 Å². The minimum Gasteiger partial charge on any atom is -0.462 e. The molecule has 0 atom stereocenters. The number of hydrogen-bond acceptors (Lipinski definition) is 6. The first-order valence-electron chi connectivity index (χ1n) is 8.92. The van der Waals surface area contributed by atoms with Gasteiger partial charge in [0, 0.05) is 10.6 Å². The van der Waals surface area contributed by atoms with Crippen LogP contribution in [0.15, 0.2) is 42.5 Å². The van der Waals surface area contributed by atoms with E-state index in [-0.39, 0.29) is 17.0 Å². The van der Waals surface area contributed by atoms with Gasteiger partial charge in [-0.3, -0.25) is 10.1 Å². The number of fused-ring (bicyclic) bond motifs is 1. The minimum atomic E-state index is -0.353. The summed E-state index contributed by atoms with van der Waals surface area (Å²) in [6, 6.07) is 11.7. The van der Waals surface area contributed by atoms with Crippen molar-refractivity contribution >= 4 is 67.5 Å². The number of anilines is 1. The molecule has 1 aromatic heterocycles. The summed E-state index contributed by atoms with van der Waals surface area (Å²) in [6.45, 7) is 2.44. The van der Waals surface area contributed by atoms with E-state index < -0.39 is 0 Å². The van der Waals surface area contributed by atoms with E-state index in [4.69, 9.17) is 28.6 Å². The highest BCUT2D eigenvalue weighted by molar-refractivity contribution is 7.80. The molecule has 150 valence electrons. The summed E-state index contributed by atoms with van der Waals surface area (Å²) >= 11 is 12.3. The molecule has 3 rings (SSSR count). The van der Waals surface area contributed by atoms with Crippen molar-refractivity contribution in [1.29, 1.82) is 0 Å². The molecule has 1 heterocycles. The van der Waals surface area contributed by atoms with Gasteiger partial charge in [0.15, 0.2) is 10.2 Å². The second kappa shape index (κ2) is 9.78. The van der Waals surface area contributed by atoms with Crippen LogP contribution >= 0.6 is 35.2 Å². The lowest BCUT2D eigenvalue weighted by atomic mass is 10.2. The van der Waals surface area contributed by atoms with Gasteiger partial charge in [0.25, 0.3) is 5.91 Å². The second-order valence-electron chi connectivity index (χ2n) is 6.11. The van der Waals surface area contributed by atoms with Crippen molar-refractivity contribution in [3.8, 4) is 0 Å². The van der Waals surface area contributed by atoms with Gasteiger partial charge in [0.05, 0.1) is 22.4 Å². The number of ether oxygens (including phenoxy) is 1. The average Bonchev–Trinajstić information content (AvgIpc) is 3.09. The SMILES string of the molecule is CCCCOC(=O)c1ccc2nc(NC(=S)NC(=O)c3ccc(Cl)cc3)sc2c1. The maximum Gasteiger partial charge on any atom is 0.338 e. The molecule has 0 aliphatic heterocycles. The number of nitrogens with zero attached hydrogens (tertiary/aromatic N) is 1. The van der Waals surface area contributed by atoms with E-state index in [1.807, 2.05) is 6.92 Å². The number of carbonyl (C=O) groups is 2. The minimum absolute atomic E-state index is 0.128. The van der Waals surface area contributed by atoms with Crippen molar-refractivity contribution in [2.45, 2.75) is 19.8 Å². The highest BCUT2D eigenvalue weighted by Gasteiger charge is 2.13. The van der Waals surface area contributed by atoms with Crippen LogP contribution in [0.2, 0.25) is 5.02 Å². The molecule has 0 saturated carbocycles. The lowest BCUT2D eigenvalue weighted by Gasteiger charge is -2.07. The summed E-state index contributed by atoms with van der Waals surface area (Å²) in [5, 5.41) is 6.68. The zero-order valence-electron chi connectivity index (χ0n) is 15.5. The molecular formula is C20H18ClN3O3S2. The van der Waals surface area contributed by atoms with Crippen molar-refractivity contribution in [2.24, 2.45) is 0 Å². The molecule has 29 heavy (non-hydrogen) atoms. The van der Waals surface area contributed by atoms with Crippen LogP contribution in [0, 0.1) is 0 Å². The quantitative estimate of drug-likeness (QED) is 0.313. The largest absolute Gasteiger partial charge is 0.462 e. The lowest BCUT2D eigenvalue weighted by Crippen LogP contribution is -2.34. The zero-order valence-corrected chi connectivity index (χ0v) is 17.9. The third kappa shape index (κ3) is 5.72. The van der Waals surface area contributed by atoms with Gasteiger partial charge in [-0.2, -0.15) is 0 Å². The third-order valence-corrected chi connectivity index (χ3v) is 5.30. The fourth-order valence-corrected chi connectivity index (χ4v) is 3.69. The number of halogens is 1. The molecule has 0 radical (unpaired) electrons. The number of thiazole rings is 1. The number of carbonyl (C=O) groups excluding carboxylic acids is 2. The molecule has 0 aliphatic rings. The van der Waals surface area contributed by atoms with Crippen LogP contribution in [-0.4, -0.2) is 28.6 Å². The van der Waals surface area contributed by atoms with Crippen molar-refractivity contribution in [3.05, 3.63) is 58.6 Å². The summed E-state index contributed by atoms with van der Waals surface area (Å²) in [6.07, 6.45) is 1.80. The van der Waals surface area contributed by atoms with Crippen LogP contribution < -0.4 is 10.6 Å². The Morgan fingerprint density at radius 1 is 1.17 bits per heavy atom. The number of rotatable bonds is 6. The molecule has 6 nitrogen and oxygen atoms in total. The molecule has 0 aliphatic carbocycles. The van der Waals surface area contributed by atoms with Gasteiger partial charge in [0.2, 0.25) is 0 Å². The Balaban J connectivity index is 1.64. The van der Waals surface area contributed by atoms with Crippen LogP contribution in [-0.2, 0) is 4.74 Å². The van der Waals surface area contributed by atoms with E-state index in [1.54, 1.807) is 42.5 Å². The standard InChI is InChI=1S/C20H18ClN3O3S2/c1-2-3-10-27-18(26)13-6-9-15-16(11-13)29-20(22-15)24-19(28)23-17(25)12-4-7-14(21)8-5-12/h4-9,11H,2-3,10H2,1H3,(H2,22,23,24,25,28). The van der Waals surface area contributed by atoms with Crippen LogP contribution in [0.25, 0.3) is 10.2 Å². The van der Waals surface area contributed by atoms with E-state index in [0.29, 0.717) is 27.9 Å². The Kier molecular flexibility index (Phi) is 7.13. The number of esters is 1. The van der Waals surface area contributed by atoms with Gasteiger partial charge >= 0.3 is 5.97 Å². The molecular weight excluding hydrogens is 430 g/mol. The highest BCUT2D eigenvalue weighted by Crippen LogP contribution is 2.27. The number of unbranched alkanes of at least 4 members (excludes halogenated alkanes) is 1. The normalized spacial score (nSPS) is 10.6. The van der Waals surface area contributed by atoms with Crippen LogP contribution in [0.5, 0.6) is 0 Å². The second-order valence-corrected chi connectivity index (χ2v) is 7.98. The van der Waals surface area contributed by atoms with E-state index in [0.717, 1.165) is 23.1 Å². The zero-order chi connectivity index (χ0) is 20.8. The molecule has 0 unspecified atom stereocenters. The van der Waals surface area contributed by atoms with Crippen molar-refractivity contribution < 1.29 is 14.3 Å². The van der Waals surface area contributed by atoms with Gasteiger partial charge in [-0.05, 0) is 61.1 Å². The number of hydrogen-bond donors (Lipinski definition) is 2. The Morgan fingerprint density at radius 3 is 2.62 bits per heavy atom.